The second-order valence-corrected chi connectivity index (χ2v) is 8.66. The van der Waals surface area contributed by atoms with E-state index in [0.717, 1.165) is 42.5 Å². The molecule has 1 atom stereocenters. The topological polar surface area (TPSA) is 88.6 Å². The Morgan fingerprint density at radius 1 is 1.25 bits per heavy atom. The van der Waals surface area contributed by atoms with E-state index in [1.165, 1.54) is 23.1 Å². The van der Waals surface area contributed by atoms with Gasteiger partial charge in [-0.2, -0.15) is 0 Å². The maximum absolute atomic E-state index is 11.3. The summed E-state index contributed by atoms with van der Waals surface area (Å²) in [5.74, 6) is -0.637. The van der Waals surface area contributed by atoms with Crippen LogP contribution in [0.15, 0.2) is 42.6 Å². The van der Waals surface area contributed by atoms with Crippen LogP contribution >= 0.6 is 23.2 Å². The van der Waals surface area contributed by atoms with Crippen LogP contribution < -0.4 is 5.48 Å². The third kappa shape index (κ3) is 4.56. The highest BCUT2D eigenvalue weighted by Gasteiger charge is 2.31. The van der Waals surface area contributed by atoms with Crippen LogP contribution in [0.25, 0.3) is 17.0 Å². The fourth-order valence-electron chi connectivity index (χ4n) is 4.56. The van der Waals surface area contributed by atoms with Crippen molar-refractivity contribution in [2.24, 2.45) is 0 Å². The van der Waals surface area contributed by atoms with Gasteiger partial charge in [0, 0.05) is 42.3 Å². The molecule has 0 aliphatic heterocycles. The van der Waals surface area contributed by atoms with Gasteiger partial charge in [0.15, 0.2) is 0 Å². The molecule has 168 valence electrons. The third-order valence-electron chi connectivity index (χ3n) is 6.07. The lowest BCUT2D eigenvalue weighted by Gasteiger charge is -2.30. The summed E-state index contributed by atoms with van der Waals surface area (Å²) in [4.78, 5) is 16.9. The molecule has 1 unspecified atom stereocenters. The van der Waals surface area contributed by atoms with Crippen LogP contribution in [0, 0.1) is 0 Å². The minimum absolute atomic E-state index is 0.0577. The van der Waals surface area contributed by atoms with Gasteiger partial charge in [0.1, 0.15) is 0 Å². The van der Waals surface area contributed by atoms with Crippen LogP contribution in [0.5, 0.6) is 0 Å². The van der Waals surface area contributed by atoms with Crippen molar-refractivity contribution < 1.29 is 15.1 Å². The summed E-state index contributed by atoms with van der Waals surface area (Å²) in [5.41, 5.74) is 6.63. The quantitative estimate of drug-likeness (QED) is 0.220. The van der Waals surface area contributed by atoms with Crippen LogP contribution in [0.3, 0.4) is 0 Å². The van der Waals surface area contributed by atoms with Gasteiger partial charge in [-0.3, -0.25) is 14.9 Å². The second kappa shape index (κ2) is 10.1. The molecule has 4 N–H and O–H groups in total. The highest BCUT2D eigenvalue weighted by atomic mass is 35.5. The Bertz CT molecular complexity index is 1160. The van der Waals surface area contributed by atoms with Gasteiger partial charge in [-0.1, -0.05) is 41.4 Å². The zero-order valence-electron chi connectivity index (χ0n) is 17.4. The maximum atomic E-state index is 11.3. The average molecular weight is 474 g/mol. The van der Waals surface area contributed by atoms with E-state index in [2.05, 4.69) is 28.2 Å². The number of nitrogens with one attached hydrogen (secondary N) is 2. The number of benzene rings is 2. The van der Waals surface area contributed by atoms with Gasteiger partial charge in [0.25, 0.3) is 5.91 Å². The van der Waals surface area contributed by atoms with Crippen molar-refractivity contribution in [2.45, 2.75) is 25.3 Å². The van der Waals surface area contributed by atoms with Crippen molar-refractivity contribution in [3.8, 4) is 0 Å². The van der Waals surface area contributed by atoms with E-state index in [4.69, 9.17) is 28.4 Å². The van der Waals surface area contributed by atoms with Crippen LogP contribution in [0.2, 0.25) is 10.0 Å². The van der Waals surface area contributed by atoms with Gasteiger partial charge in [-0.25, -0.2) is 5.48 Å². The number of aryl methyl sites for hydroxylation is 1. The van der Waals surface area contributed by atoms with E-state index in [1.807, 2.05) is 18.2 Å². The van der Waals surface area contributed by atoms with E-state index in [9.17, 15) is 9.90 Å². The van der Waals surface area contributed by atoms with Gasteiger partial charge in [-0.05, 0) is 59.7 Å². The normalized spacial score (nSPS) is 15.7. The minimum atomic E-state index is -0.637. The number of carbonyl (C=O) groups excluding carboxylic acids is 1. The number of hydroxylamine groups is 1. The number of nitrogens with zero attached hydrogens (tertiary/aromatic N) is 1. The number of halogens is 2. The number of aliphatic hydroxyl groups is 1. The molecule has 0 fully saturated rings. The Kier molecular flexibility index (Phi) is 7.18. The molecule has 1 heterocycles. The number of H-pyrrole nitrogens is 1. The molecule has 0 spiro atoms. The van der Waals surface area contributed by atoms with Gasteiger partial charge >= 0.3 is 0 Å². The molecule has 4 rings (SSSR count). The summed E-state index contributed by atoms with van der Waals surface area (Å²) < 4.78 is 0. The molecule has 8 heteroatoms. The summed E-state index contributed by atoms with van der Waals surface area (Å²) >= 11 is 13.2. The molecular formula is C24H25Cl2N3O3. The second-order valence-electron chi connectivity index (χ2n) is 7.90. The van der Waals surface area contributed by atoms with Crippen molar-refractivity contribution in [1.29, 1.82) is 0 Å². The molecule has 32 heavy (non-hydrogen) atoms. The predicted octanol–water partition coefficient (Wildman–Crippen LogP) is 4.52. The lowest BCUT2D eigenvalue weighted by Crippen LogP contribution is -2.32. The predicted molar refractivity (Wildman–Crippen MR) is 127 cm³/mol. The molecule has 0 saturated heterocycles. The molecule has 2 aromatic carbocycles. The molecule has 0 radical (unpaired) electrons. The van der Waals surface area contributed by atoms with Crippen LogP contribution in [0.1, 0.15) is 34.7 Å². The maximum Gasteiger partial charge on any atom is 0.267 e. The molecule has 0 saturated carbocycles. The molecule has 1 aromatic heterocycles. The van der Waals surface area contributed by atoms with Crippen LogP contribution in [-0.2, 0) is 17.6 Å². The smallest absolute Gasteiger partial charge is 0.267 e. The Labute approximate surface area is 196 Å². The summed E-state index contributed by atoms with van der Waals surface area (Å²) in [5, 5.41) is 20.5. The summed E-state index contributed by atoms with van der Waals surface area (Å²) in [6, 6.07) is 10.2. The van der Waals surface area contributed by atoms with E-state index in [1.54, 1.807) is 5.48 Å². The van der Waals surface area contributed by atoms with E-state index in [0.29, 0.717) is 22.2 Å². The molecule has 0 bridgehead atoms. The number of rotatable bonds is 8. The van der Waals surface area contributed by atoms with Gasteiger partial charge in [0.05, 0.1) is 16.7 Å². The number of amides is 1. The Balaban J connectivity index is 1.58. The van der Waals surface area contributed by atoms with Gasteiger partial charge in [0.2, 0.25) is 0 Å². The largest absolute Gasteiger partial charge is 0.395 e. The number of aliphatic hydroxyl groups excluding tert-OH is 1. The number of fused-ring (bicyclic) bond motifs is 2. The average Bonchev–Trinajstić information content (AvgIpc) is 3.42. The fraction of sp³-hybridized carbons (Fsp3) is 0.292. The van der Waals surface area contributed by atoms with Gasteiger partial charge in [-0.15, -0.1) is 0 Å². The molecule has 6 nitrogen and oxygen atoms in total. The number of hydrogen-bond donors (Lipinski definition) is 4. The first-order valence-electron chi connectivity index (χ1n) is 10.6. The van der Waals surface area contributed by atoms with E-state index in [-0.39, 0.29) is 12.6 Å². The summed E-state index contributed by atoms with van der Waals surface area (Å²) in [7, 11) is 0. The number of carbonyl (C=O) groups is 1. The van der Waals surface area contributed by atoms with Crippen molar-refractivity contribution in [1.82, 2.24) is 15.4 Å². The zero-order valence-corrected chi connectivity index (χ0v) is 19.0. The SMILES string of the molecule is O=C(C=Cc1cc2c(c(Cl)c1Cl)C(N(CCO)CCc1c[nH]c3ccccc13)CC2)NO. The summed E-state index contributed by atoms with van der Waals surface area (Å²) in [6.07, 6.45) is 7.35. The highest BCUT2D eigenvalue weighted by molar-refractivity contribution is 6.43. The van der Waals surface area contributed by atoms with E-state index < -0.39 is 5.91 Å². The number of aromatic nitrogens is 1. The number of para-hydroxylation sites is 1. The number of aromatic amines is 1. The van der Waals surface area contributed by atoms with Crippen molar-refractivity contribution >= 4 is 46.1 Å². The number of hydrogen-bond acceptors (Lipinski definition) is 4. The first-order valence-corrected chi connectivity index (χ1v) is 11.3. The molecule has 1 amide bonds. The van der Waals surface area contributed by atoms with Crippen molar-refractivity contribution in [3.05, 3.63) is 74.9 Å². The van der Waals surface area contributed by atoms with Gasteiger partial charge < -0.3 is 10.1 Å². The lowest BCUT2D eigenvalue weighted by molar-refractivity contribution is -0.124. The first kappa shape index (κ1) is 22.8. The monoisotopic (exact) mass is 473 g/mol. The first-order chi connectivity index (χ1) is 15.5. The lowest BCUT2D eigenvalue weighted by atomic mass is 10.0. The Morgan fingerprint density at radius 2 is 2.06 bits per heavy atom. The molecule has 1 aliphatic carbocycles. The van der Waals surface area contributed by atoms with Crippen molar-refractivity contribution in [3.63, 3.8) is 0 Å². The molecular weight excluding hydrogens is 449 g/mol. The van der Waals surface area contributed by atoms with Crippen LogP contribution in [-0.4, -0.2) is 45.8 Å². The third-order valence-corrected chi connectivity index (χ3v) is 6.97. The minimum Gasteiger partial charge on any atom is -0.395 e. The van der Waals surface area contributed by atoms with Crippen molar-refractivity contribution in [2.75, 3.05) is 19.7 Å². The highest BCUT2D eigenvalue weighted by Crippen LogP contribution is 2.44. The zero-order chi connectivity index (χ0) is 22.7. The Morgan fingerprint density at radius 3 is 2.84 bits per heavy atom. The molecule has 1 aliphatic rings. The fourth-order valence-corrected chi connectivity index (χ4v) is 5.14. The summed E-state index contributed by atoms with van der Waals surface area (Å²) in [6.45, 7) is 1.37. The molecule has 3 aromatic rings. The standard InChI is InChI=1S/C24H25Cl2N3O3/c25-23-16(6-8-21(31)28-32)13-15-5-7-20(22(15)24(23)26)29(11-12-30)10-9-17-14-27-19-4-2-1-3-18(17)19/h1-4,6,8,13-14,20,27,30,32H,5,7,9-12H2,(H,28,31). The van der Waals surface area contributed by atoms with E-state index >= 15 is 0 Å². The Hall–Kier alpha value is -2.35. The van der Waals surface area contributed by atoms with Crippen LogP contribution in [0.4, 0.5) is 0 Å².